The second-order valence-corrected chi connectivity index (χ2v) is 7.71. The van der Waals surface area contributed by atoms with E-state index in [1.165, 1.54) is 0 Å². The zero-order valence-electron chi connectivity index (χ0n) is 12.3. The van der Waals surface area contributed by atoms with Crippen LogP contribution in [0.3, 0.4) is 0 Å². The number of piperazine rings is 1. The Balaban J connectivity index is 1.46. The van der Waals surface area contributed by atoms with E-state index in [4.69, 9.17) is 0 Å². The summed E-state index contributed by atoms with van der Waals surface area (Å²) in [4.78, 5) is 8.81. The van der Waals surface area contributed by atoms with Crippen LogP contribution in [0.15, 0.2) is 0 Å². The van der Waals surface area contributed by atoms with Crippen LogP contribution in [0.25, 0.3) is 0 Å². The van der Waals surface area contributed by atoms with Crippen LogP contribution in [-0.2, 0) is 10.0 Å². The quantitative estimate of drug-likeness (QED) is 0.789. The van der Waals surface area contributed by atoms with Gasteiger partial charge in [-0.1, -0.05) is 0 Å². The highest BCUT2D eigenvalue weighted by Crippen LogP contribution is 2.14. The number of hydrogen-bond acceptors (Lipinski definition) is 6. The highest BCUT2D eigenvalue weighted by molar-refractivity contribution is 7.89. The maximum atomic E-state index is 11.8. The van der Waals surface area contributed by atoms with Gasteiger partial charge in [0, 0.05) is 45.8 Å². The van der Waals surface area contributed by atoms with E-state index >= 15 is 0 Å². The van der Waals surface area contributed by atoms with Crippen molar-refractivity contribution in [2.45, 2.75) is 13.3 Å². The zero-order chi connectivity index (χ0) is 14.9. The maximum absolute atomic E-state index is 11.8. The minimum absolute atomic E-state index is 0.310. The Kier molecular flexibility index (Phi) is 4.14. The lowest BCUT2D eigenvalue weighted by atomic mass is 10.3. The van der Waals surface area contributed by atoms with Crippen LogP contribution in [0.2, 0.25) is 0 Å². The fourth-order valence-electron chi connectivity index (χ4n) is 2.84. The number of sulfonamides is 1. The number of nitrogens with one attached hydrogen (secondary N) is 1. The van der Waals surface area contributed by atoms with Gasteiger partial charge in [-0.25, -0.2) is 12.7 Å². The van der Waals surface area contributed by atoms with Crippen LogP contribution in [-0.4, -0.2) is 84.4 Å². The summed E-state index contributed by atoms with van der Waals surface area (Å²) in [7, 11) is -2.97. The van der Waals surface area contributed by atoms with Crippen molar-refractivity contribution >= 4 is 16.0 Å². The van der Waals surface area contributed by atoms with E-state index < -0.39 is 10.0 Å². The summed E-state index contributed by atoms with van der Waals surface area (Å²) in [6.45, 7) is 7.58. The number of anilines is 1. The van der Waals surface area contributed by atoms with Crippen molar-refractivity contribution in [1.82, 2.24) is 24.4 Å². The second-order valence-electron chi connectivity index (χ2n) is 5.62. The third-order valence-electron chi connectivity index (χ3n) is 4.11. The van der Waals surface area contributed by atoms with Crippen molar-refractivity contribution in [3.8, 4) is 0 Å². The Labute approximate surface area is 125 Å². The summed E-state index contributed by atoms with van der Waals surface area (Å²) in [5, 5.41) is 7.03. The molecule has 0 amide bonds. The Morgan fingerprint density at radius 3 is 2.48 bits per heavy atom. The Bertz CT molecular complexity index is 578. The van der Waals surface area contributed by atoms with Gasteiger partial charge in [0.05, 0.1) is 5.75 Å². The molecule has 21 heavy (non-hydrogen) atoms. The number of nitrogens with zero attached hydrogens (tertiary/aromatic N) is 5. The third-order valence-corrected chi connectivity index (χ3v) is 6.07. The second kappa shape index (κ2) is 5.90. The first kappa shape index (κ1) is 14.7. The molecule has 9 heteroatoms. The summed E-state index contributed by atoms with van der Waals surface area (Å²) >= 11 is 0. The van der Waals surface area contributed by atoms with Crippen LogP contribution in [0.4, 0.5) is 5.95 Å². The third kappa shape index (κ3) is 3.35. The van der Waals surface area contributed by atoms with Gasteiger partial charge in [0.15, 0.2) is 0 Å². The lowest BCUT2D eigenvalue weighted by molar-refractivity contribution is 0.239. The largest absolute Gasteiger partial charge is 0.337 e. The highest BCUT2D eigenvalue weighted by atomic mass is 32.2. The molecular weight excluding hydrogens is 292 g/mol. The molecule has 118 valence electrons. The van der Waals surface area contributed by atoms with Crippen molar-refractivity contribution in [3.63, 3.8) is 0 Å². The molecule has 1 N–H and O–H groups in total. The molecule has 2 fully saturated rings. The predicted molar refractivity (Wildman–Crippen MR) is 79.7 cm³/mol. The van der Waals surface area contributed by atoms with Gasteiger partial charge >= 0.3 is 0 Å². The first-order chi connectivity index (χ1) is 10.0. The van der Waals surface area contributed by atoms with Crippen molar-refractivity contribution in [1.29, 1.82) is 0 Å². The van der Waals surface area contributed by atoms with Gasteiger partial charge in [-0.05, 0) is 13.3 Å². The number of hydrogen-bond donors (Lipinski definition) is 1. The maximum Gasteiger partial charge on any atom is 0.244 e. The molecule has 8 nitrogen and oxygen atoms in total. The van der Waals surface area contributed by atoms with Crippen LogP contribution in [0.1, 0.15) is 12.2 Å². The number of H-pyrrole nitrogens is 1. The van der Waals surface area contributed by atoms with Crippen LogP contribution < -0.4 is 4.90 Å². The summed E-state index contributed by atoms with van der Waals surface area (Å²) in [6.07, 6.45) is 0.764. The smallest absolute Gasteiger partial charge is 0.244 e. The molecule has 0 bridgehead atoms. The van der Waals surface area contributed by atoms with Crippen LogP contribution in [0, 0.1) is 6.92 Å². The van der Waals surface area contributed by atoms with Gasteiger partial charge in [0.25, 0.3) is 0 Å². The number of aromatic nitrogens is 3. The van der Waals surface area contributed by atoms with Crippen molar-refractivity contribution in [3.05, 3.63) is 5.82 Å². The van der Waals surface area contributed by atoms with E-state index in [1.54, 1.807) is 4.31 Å². The van der Waals surface area contributed by atoms with Crippen LogP contribution >= 0.6 is 0 Å². The van der Waals surface area contributed by atoms with Crippen molar-refractivity contribution in [2.75, 3.05) is 56.5 Å². The highest BCUT2D eigenvalue weighted by Gasteiger charge is 2.28. The van der Waals surface area contributed by atoms with Gasteiger partial charge in [0.1, 0.15) is 5.82 Å². The molecule has 2 aliphatic heterocycles. The molecule has 1 aromatic heterocycles. The van der Waals surface area contributed by atoms with Crippen LogP contribution in [0.5, 0.6) is 0 Å². The summed E-state index contributed by atoms with van der Waals surface area (Å²) in [6, 6.07) is 0. The normalized spacial score (nSPS) is 23.8. The van der Waals surface area contributed by atoms with E-state index in [1.807, 2.05) is 6.92 Å². The first-order valence-electron chi connectivity index (χ1n) is 7.39. The van der Waals surface area contributed by atoms with Crippen molar-refractivity contribution < 1.29 is 8.42 Å². The Morgan fingerprint density at radius 1 is 1.14 bits per heavy atom. The van der Waals surface area contributed by atoms with Gasteiger partial charge in [-0.2, -0.15) is 4.98 Å². The molecule has 0 saturated carbocycles. The average molecular weight is 314 g/mol. The molecule has 3 rings (SSSR count). The number of rotatable bonds is 4. The minimum Gasteiger partial charge on any atom is -0.337 e. The van der Waals surface area contributed by atoms with Gasteiger partial charge in [0.2, 0.25) is 16.0 Å². The van der Waals surface area contributed by atoms with Gasteiger partial charge < -0.3 is 4.90 Å². The van der Waals surface area contributed by atoms with E-state index in [2.05, 4.69) is 25.0 Å². The molecule has 0 unspecified atom stereocenters. The monoisotopic (exact) mass is 314 g/mol. The Morgan fingerprint density at radius 2 is 1.90 bits per heavy atom. The summed E-state index contributed by atoms with van der Waals surface area (Å²) in [5.41, 5.74) is 0. The minimum atomic E-state index is -2.97. The molecule has 2 aliphatic rings. The average Bonchev–Trinajstić information content (AvgIpc) is 3.03. The molecular formula is C12H22N6O2S. The number of aromatic amines is 1. The number of aryl methyl sites for hydroxylation is 1. The van der Waals surface area contributed by atoms with E-state index in [0.717, 1.165) is 50.9 Å². The van der Waals surface area contributed by atoms with Crippen molar-refractivity contribution in [2.24, 2.45) is 0 Å². The molecule has 1 aromatic rings. The molecule has 0 atom stereocenters. The lowest BCUT2D eigenvalue weighted by Gasteiger charge is -2.34. The van der Waals surface area contributed by atoms with Gasteiger partial charge in [-0.3, -0.25) is 10.00 Å². The fourth-order valence-corrected chi connectivity index (χ4v) is 4.36. The lowest BCUT2D eigenvalue weighted by Crippen LogP contribution is -2.49. The van der Waals surface area contributed by atoms with Gasteiger partial charge in [-0.15, -0.1) is 5.10 Å². The van der Waals surface area contributed by atoms with E-state index in [9.17, 15) is 8.42 Å². The summed E-state index contributed by atoms with van der Waals surface area (Å²) in [5.74, 6) is 1.89. The van der Waals surface area contributed by atoms with E-state index in [0.29, 0.717) is 18.8 Å². The summed E-state index contributed by atoms with van der Waals surface area (Å²) < 4.78 is 25.1. The molecule has 0 radical (unpaired) electrons. The molecule has 0 aliphatic carbocycles. The standard InChI is InChI=1S/C12H22N6O2S/c1-11-13-12(15-14-11)17-7-4-16(5-8-17)6-9-18-3-2-10-21(18,19)20/h2-10H2,1H3,(H,13,14,15). The SMILES string of the molecule is Cc1nc(N2CCN(CCN3CCCS3(=O)=O)CC2)n[nH]1. The Hall–Kier alpha value is -1.19. The molecule has 0 spiro atoms. The first-order valence-corrected chi connectivity index (χ1v) is 9.00. The van der Waals surface area contributed by atoms with E-state index in [-0.39, 0.29) is 0 Å². The topological polar surface area (TPSA) is 85.4 Å². The predicted octanol–water partition coefficient (Wildman–Crippen LogP) is -0.729. The molecule has 0 aromatic carbocycles. The fraction of sp³-hybridized carbons (Fsp3) is 0.833. The molecule has 2 saturated heterocycles. The zero-order valence-corrected chi connectivity index (χ0v) is 13.1. The molecule has 3 heterocycles.